The van der Waals surface area contributed by atoms with Gasteiger partial charge in [0.25, 0.3) is 5.91 Å². The van der Waals surface area contributed by atoms with Gasteiger partial charge in [0.15, 0.2) is 0 Å². The zero-order chi connectivity index (χ0) is 16.4. The summed E-state index contributed by atoms with van der Waals surface area (Å²) in [5.41, 5.74) is 1.01. The molecule has 0 spiro atoms. The lowest BCUT2D eigenvalue weighted by Crippen LogP contribution is -2.29. The highest BCUT2D eigenvalue weighted by Crippen LogP contribution is 2.31. The first kappa shape index (κ1) is 15.6. The number of hydrogen-bond donors (Lipinski definition) is 0. The predicted octanol–water partition coefficient (Wildman–Crippen LogP) is 4.74. The van der Waals surface area contributed by atoms with Crippen LogP contribution in [0.15, 0.2) is 54.6 Å². The van der Waals surface area contributed by atoms with Crippen LogP contribution in [0, 0.1) is 0 Å². The maximum atomic E-state index is 12.8. The number of benzene rings is 2. The minimum Gasteiger partial charge on any atom is -0.496 e. The molecule has 4 heteroatoms. The Morgan fingerprint density at radius 1 is 1.13 bits per heavy atom. The van der Waals surface area contributed by atoms with Crippen LogP contribution in [0.1, 0.15) is 28.2 Å². The molecule has 1 amide bonds. The molecule has 3 aromatic rings. The van der Waals surface area contributed by atoms with Gasteiger partial charge in [0.1, 0.15) is 5.75 Å². The smallest absolute Gasteiger partial charge is 0.264 e. The third-order valence-electron chi connectivity index (χ3n) is 4.13. The zero-order valence-electron chi connectivity index (χ0n) is 13.4. The Hall–Kier alpha value is -2.33. The minimum absolute atomic E-state index is 0.0320. The van der Waals surface area contributed by atoms with Crippen molar-refractivity contribution in [1.82, 2.24) is 4.90 Å². The van der Waals surface area contributed by atoms with Crippen molar-refractivity contribution in [2.45, 2.75) is 13.0 Å². The van der Waals surface area contributed by atoms with Gasteiger partial charge in [-0.05, 0) is 30.5 Å². The quantitative estimate of drug-likeness (QED) is 0.693. The van der Waals surface area contributed by atoms with Gasteiger partial charge in [0.05, 0.1) is 18.0 Å². The highest BCUT2D eigenvalue weighted by atomic mass is 32.1. The van der Waals surface area contributed by atoms with Gasteiger partial charge in [0, 0.05) is 17.3 Å². The van der Waals surface area contributed by atoms with Crippen LogP contribution in [-0.2, 0) is 0 Å². The normalized spacial score (nSPS) is 12.1. The summed E-state index contributed by atoms with van der Waals surface area (Å²) >= 11 is 1.53. The Labute approximate surface area is 140 Å². The predicted molar refractivity (Wildman–Crippen MR) is 95.3 cm³/mol. The second-order valence-electron chi connectivity index (χ2n) is 5.48. The van der Waals surface area contributed by atoms with E-state index >= 15 is 0 Å². The lowest BCUT2D eigenvalue weighted by Gasteiger charge is -2.26. The van der Waals surface area contributed by atoms with Crippen LogP contribution < -0.4 is 4.74 Å². The molecule has 23 heavy (non-hydrogen) atoms. The van der Waals surface area contributed by atoms with Crippen molar-refractivity contribution in [3.05, 3.63) is 65.0 Å². The number of thiophene rings is 1. The fraction of sp³-hybridized carbons (Fsp3) is 0.211. The Balaban J connectivity index is 1.89. The Morgan fingerprint density at radius 3 is 2.57 bits per heavy atom. The van der Waals surface area contributed by atoms with E-state index in [4.69, 9.17) is 4.74 Å². The summed E-state index contributed by atoms with van der Waals surface area (Å²) < 4.78 is 6.55. The number of carbonyl (C=O) groups is 1. The number of ether oxygens (including phenoxy) is 1. The molecule has 0 saturated carbocycles. The number of para-hydroxylation sites is 1. The summed E-state index contributed by atoms with van der Waals surface area (Å²) in [4.78, 5) is 15.4. The molecular formula is C19H19NO2S. The third-order valence-corrected chi connectivity index (χ3v) is 5.23. The lowest BCUT2D eigenvalue weighted by molar-refractivity contribution is 0.0746. The third kappa shape index (κ3) is 2.94. The Kier molecular flexibility index (Phi) is 4.35. The van der Waals surface area contributed by atoms with Gasteiger partial charge in [0.2, 0.25) is 0 Å². The molecule has 0 radical (unpaired) electrons. The molecule has 1 unspecified atom stereocenters. The minimum atomic E-state index is -0.0659. The molecule has 1 atom stereocenters. The van der Waals surface area contributed by atoms with Crippen molar-refractivity contribution < 1.29 is 9.53 Å². The van der Waals surface area contributed by atoms with Crippen molar-refractivity contribution in [2.75, 3.05) is 14.2 Å². The second kappa shape index (κ2) is 6.42. The number of fused-ring (bicyclic) bond motifs is 1. The molecule has 0 fully saturated rings. The van der Waals surface area contributed by atoms with Gasteiger partial charge in [-0.1, -0.05) is 36.4 Å². The molecule has 3 nitrogen and oxygen atoms in total. The number of carbonyl (C=O) groups excluding carboxylic acids is 1. The molecule has 1 aromatic heterocycles. The monoisotopic (exact) mass is 325 g/mol. The average molecular weight is 325 g/mol. The van der Waals surface area contributed by atoms with Crippen LogP contribution in [0.2, 0.25) is 0 Å². The van der Waals surface area contributed by atoms with Gasteiger partial charge in [-0.15, -0.1) is 11.3 Å². The van der Waals surface area contributed by atoms with E-state index in [2.05, 4.69) is 0 Å². The van der Waals surface area contributed by atoms with Crippen LogP contribution in [0.3, 0.4) is 0 Å². The lowest BCUT2D eigenvalue weighted by atomic mass is 10.1. The van der Waals surface area contributed by atoms with Gasteiger partial charge < -0.3 is 9.64 Å². The molecule has 0 aliphatic rings. The highest BCUT2D eigenvalue weighted by Gasteiger charge is 2.22. The number of nitrogens with zero attached hydrogens (tertiary/aromatic N) is 1. The van der Waals surface area contributed by atoms with E-state index in [-0.39, 0.29) is 11.9 Å². The molecule has 1 heterocycles. The number of amides is 1. The van der Waals surface area contributed by atoms with Crippen molar-refractivity contribution in [2.24, 2.45) is 0 Å². The van der Waals surface area contributed by atoms with E-state index in [0.29, 0.717) is 0 Å². The van der Waals surface area contributed by atoms with Gasteiger partial charge in [-0.25, -0.2) is 0 Å². The molecule has 3 rings (SSSR count). The summed E-state index contributed by atoms with van der Waals surface area (Å²) in [6.45, 7) is 2.02. The van der Waals surface area contributed by atoms with Gasteiger partial charge in [-0.3, -0.25) is 4.79 Å². The van der Waals surface area contributed by atoms with Crippen LogP contribution in [0.5, 0.6) is 5.75 Å². The average Bonchev–Trinajstić information content (AvgIpc) is 3.03. The molecule has 0 N–H and O–H groups in total. The van der Waals surface area contributed by atoms with E-state index in [1.165, 1.54) is 11.3 Å². The largest absolute Gasteiger partial charge is 0.496 e. The zero-order valence-corrected chi connectivity index (χ0v) is 14.3. The van der Waals surface area contributed by atoms with E-state index in [1.54, 1.807) is 12.0 Å². The molecule has 2 aromatic carbocycles. The number of hydrogen-bond acceptors (Lipinski definition) is 3. The summed E-state index contributed by atoms with van der Waals surface area (Å²) in [6.07, 6.45) is 0. The van der Waals surface area contributed by atoms with Crippen molar-refractivity contribution in [1.29, 1.82) is 0 Å². The van der Waals surface area contributed by atoms with E-state index in [0.717, 1.165) is 26.3 Å². The summed E-state index contributed by atoms with van der Waals surface area (Å²) in [5.74, 6) is 0.834. The van der Waals surface area contributed by atoms with Crippen molar-refractivity contribution in [3.63, 3.8) is 0 Å². The maximum Gasteiger partial charge on any atom is 0.264 e. The van der Waals surface area contributed by atoms with E-state index in [9.17, 15) is 4.79 Å². The maximum absolute atomic E-state index is 12.8. The summed E-state index contributed by atoms with van der Waals surface area (Å²) in [5, 5.41) is 1.11. The van der Waals surface area contributed by atoms with Crippen molar-refractivity contribution >= 4 is 27.3 Å². The molecule has 0 aliphatic carbocycles. The Morgan fingerprint density at radius 2 is 1.83 bits per heavy atom. The molecule has 0 bridgehead atoms. The summed E-state index contributed by atoms with van der Waals surface area (Å²) in [6, 6.07) is 17.8. The van der Waals surface area contributed by atoms with Crippen LogP contribution in [0.4, 0.5) is 0 Å². The van der Waals surface area contributed by atoms with Crippen LogP contribution in [0.25, 0.3) is 10.1 Å². The fourth-order valence-electron chi connectivity index (χ4n) is 2.66. The second-order valence-corrected chi connectivity index (χ2v) is 6.57. The highest BCUT2D eigenvalue weighted by molar-refractivity contribution is 7.20. The van der Waals surface area contributed by atoms with E-state index in [1.807, 2.05) is 68.6 Å². The molecule has 0 saturated heterocycles. The first-order valence-electron chi connectivity index (χ1n) is 7.50. The van der Waals surface area contributed by atoms with Gasteiger partial charge in [-0.2, -0.15) is 0 Å². The molecule has 118 valence electrons. The fourth-order valence-corrected chi connectivity index (χ4v) is 3.70. The first-order chi connectivity index (χ1) is 11.1. The number of methoxy groups -OCH3 is 1. The van der Waals surface area contributed by atoms with E-state index < -0.39 is 0 Å². The molecular weight excluding hydrogens is 306 g/mol. The van der Waals surface area contributed by atoms with Crippen LogP contribution >= 0.6 is 11.3 Å². The van der Waals surface area contributed by atoms with Crippen LogP contribution in [-0.4, -0.2) is 25.0 Å². The number of rotatable bonds is 4. The topological polar surface area (TPSA) is 29.5 Å². The molecule has 0 aliphatic heterocycles. The van der Waals surface area contributed by atoms with Crippen molar-refractivity contribution in [3.8, 4) is 5.75 Å². The van der Waals surface area contributed by atoms with Gasteiger partial charge >= 0.3 is 0 Å². The standard InChI is InChI=1S/C19H19NO2S/c1-13(15-9-5-6-10-16(15)22-3)20(2)19(21)18-12-14-8-4-7-11-17(14)23-18/h4-13H,1-3H3. The first-order valence-corrected chi connectivity index (χ1v) is 8.32. The summed E-state index contributed by atoms with van der Waals surface area (Å²) in [7, 11) is 3.49. The SMILES string of the molecule is COc1ccccc1C(C)N(C)C(=O)c1cc2ccccc2s1. The Bertz CT molecular complexity index is 807.